The van der Waals surface area contributed by atoms with Crippen LogP contribution in [0.1, 0.15) is 13.3 Å². The minimum absolute atomic E-state index is 0.140. The second kappa shape index (κ2) is 9.59. The number of aromatic nitrogens is 1. The molecule has 0 fully saturated rings. The van der Waals surface area contributed by atoms with E-state index in [2.05, 4.69) is 28.5 Å². The number of allylic oxidation sites excluding steroid dienone is 5. The van der Waals surface area contributed by atoms with Crippen LogP contribution in [0.25, 0.3) is 10.2 Å². The van der Waals surface area contributed by atoms with Crippen molar-refractivity contribution in [1.82, 2.24) is 10.3 Å². The number of nitrogens with zero attached hydrogens (tertiary/aromatic N) is 2. The Balaban J connectivity index is 2.29. The number of aliphatic imine (C=N–C) groups is 1. The van der Waals surface area contributed by atoms with Crippen LogP contribution in [0, 0.1) is 5.82 Å². The Morgan fingerprint density at radius 2 is 2.22 bits per heavy atom. The minimum Gasteiger partial charge on any atom is -0.384 e. The van der Waals surface area contributed by atoms with E-state index < -0.39 is 5.95 Å². The molecule has 4 nitrogen and oxygen atoms in total. The first-order valence-electron chi connectivity index (χ1n) is 8.07. The van der Waals surface area contributed by atoms with Crippen LogP contribution in [0.5, 0.6) is 0 Å². The van der Waals surface area contributed by atoms with E-state index in [-0.39, 0.29) is 11.7 Å². The third-order valence-electron chi connectivity index (χ3n) is 3.39. The molecule has 0 unspecified atom stereocenters. The maximum Gasteiger partial charge on any atom is 0.212 e. The first-order chi connectivity index (χ1) is 12.9. The number of thiazole rings is 1. The van der Waals surface area contributed by atoms with Crippen LogP contribution in [0.3, 0.4) is 0 Å². The number of fused-ring (bicyclic) bond motifs is 1. The van der Waals surface area contributed by atoms with Crippen LogP contribution < -0.4 is 11.1 Å². The zero-order valence-electron chi connectivity index (χ0n) is 14.9. The van der Waals surface area contributed by atoms with Crippen LogP contribution in [0.2, 0.25) is 0 Å². The van der Waals surface area contributed by atoms with Gasteiger partial charge in [-0.15, -0.1) is 0 Å². The van der Waals surface area contributed by atoms with Gasteiger partial charge in [-0.25, -0.2) is 14.4 Å². The minimum atomic E-state index is -0.701. The molecular formula is C20H20F2N4S. The molecule has 0 aliphatic rings. The quantitative estimate of drug-likeness (QED) is 0.276. The molecule has 2 rings (SSSR count). The molecule has 0 aliphatic carbocycles. The fourth-order valence-corrected chi connectivity index (χ4v) is 3.07. The average Bonchev–Trinajstić information content (AvgIpc) is 2.98. The van der Waals surface area contributed by atoms with Gasteiger partial charge in [-0.3, -0.25) is 0 Å². The highest BCUT2D eigenvalue weighted by Crippen LogP contribution is 2.28. The van der Waals surface area contributed by atoms with Crippen molar-refractivity contribution in [2.45, 2.75) is 13.3 Å². The lowest BCUT2D eigenvalue weighted by Crippen LogP contribution is -2.15. The van der Waals surface area contributed by atoms with E-state index in [4.69, 9.17) is 5.73 Å². The molecule has 0 saturated carbocycles. The molecule has 27 heavy (non-hydrogen) atoms. The van der Waals surface area contributed by atoms with Gasteiger partial charge in [-0.05, 0) is 31.2 Å². The third-order valence-corrected chi connectivity index (χ3v) is 4.32. The zero-order chi connectivity index (χ0) is 19.8. The summed E-state index contributed by atoms with van der Waals surface area (Å²) < 4.78 is 27.4. The summed E-state index contributed by atoms with van der Waals surface area (Å²) in [6.07, 6.45) is 9.10. The molecule has 3 N–H and O–H groups in total. The molecule has 0 amide bonds. The van der Waals surface area contributed by atoms with Crippen LogP contribution in [-0.2, 0) is 0 Å². The zero-order valence-corrected chi connectivity index (χ0v) is 15.7. The lowest BCUT2D eigenvalue weighted by molar-refractivity contribution is 0.575. The van der Waals surface area contributed by atoms with Gasteiger partial charge in [-0.2, -0.15) is 4.39 Å². The van der Waals surface area contributed by atoms with Gasteiger partial charge >= 0.3 is 0 Å². The Morgan fingerprint density at radius 3 is 2.89 bits per heavy atom. The van der Waals surface area contributed by atoms with E-state index in [9.17, 15) is 8.78 Å². The molecule has 1 aromatic heterocycles. The van der Waals surface area contributed by atoms with Gasteiger partial charge in [-0.1, -0.05) is 42.2 Å². The second-order valence-electron chi connectivity index (χ2n) is 5.48. The molecule has 1 aromatic carbocycles. The summed E-state index contributed by atoms with van der Waals surface area (Å²) >= 11 is 1.28. The summed E-state index contributed by atoms with van der Waals surface area (Å²) in [7, 11) is 0. The van der Waals surface area contributed by atoms with Crippen molar-refractivity contribution < 1.29 is 8.78 Å². The van der Waals surface area contributed by atoms with Crippen molar-refractivity contribution >= 4 is 32.5 Å². The predicted molar refractivity (Wildman–Crippen MR) is 110 cm³/mol. The number of halogens is 2. The lowest BCUT2D eigenvalue weighted by atomic mass is 10.1. The molecule has 7 heteroatoms. The van der Waals surface area contributed by atoms with Crippen molar-refractivity contribution in [1.29, 1.82) is 0 Å². The van der Waals surface area contributed by atoms with Crippen molar-refractivity contribution in [3.63, 3.8) is 0 Å². The van der Waals surface area contributed by atoms with Crippen molar-refractivity contribution in [2.75, 3.05) is 0 Å². The molecule has 0 bridgehead atoms. The van der Waals surface area contributed by atoms with Gasteiger partial charge in [0.1, 0.15) is 11.7 Å². The van der Waals surface area contributed by atoms with Crippen LogP contribution in [0.15, 0.2) is 84.0 Å². The molecule has 0 atom stereocenters. The monoisotopic (exact) mass is 386 g/mol. The molecule has 0 aliphatic heterocycles. The van der Waals surface area contributed by atoms with Gasteiger partial charge in [0, 0.05) is 24.3 Å². The number of rotatable bonds is 8. The van der Waals surface area contributed by atoms with E-state index in [0.717, 1.165) is 10.3 Å². The van der Waals surface area contributed by atoms with E-state index in [1.807, 2.05) is 19.1 Å². The summed E-state index contributed by atoms with van der Waals surface area (Å²) in [5.41, 5.74) is 7.90. The average molecular weight is 386 g/mol. The molecule has 1 heterocycles. The number of nitrogens with two attached hydrogens (primary N) is 1. The maximum absolute atomic E-state index is 13.3. The SMILES string of the molecule is C=C/C=C\C(=C/C)CC(=CC(N)=Nc1nc2cc(F)ccc2s1)NC(=C)F. The van der Waals surface area contributed by atoms with Crippen molar-refractivity contribution in [3.05, 3.63) is 84.8 Å². The van der Waals surface area contributed by atoms with E-state index in [0.29, 0.717) is 22.8 Å². The number of nitrogens with one attached hydrogen (secondary N) is 1. The highest BCUT2D eigenvalue weighted by atomic mass is 32.1. The van der Waals surface area contributed by atoms with Crippen LogP contribution in [0.4, 0.5) is 13.9 Å². The smallest absolute Gasteiger partial charge is 0.212 e. The highest BCUT2D eigenvalue weighted by molar-refractivity contribution is 7.22. The van der Waals surface area contributed by atoms with Crippen molar-refractivity contribution in [3.8, 4) is 0 Å². The Hall–Kier alpha value is -3.06. The van der Waals surface area contributed by atoms with Crippen LogP contribution in [-0.4, -0.2) is 10.8 Å². The standard InChI is InChI=1S/C20H20F2N4S/c1-4-6-7-14(5-2)10-16(24-13(3)21)12-19(23)26-20-25-17-11-15(22)8-9-18(17)27-20/h4-9,11-12,24H,1,3,10H2,2H3,(H2,23,25,26)/b7-6-,14-5+,16-12?. The molecule has 0 radical (unpaired) electrons. The Morgan fingerprint density at radius 1 is 1.44 bits per heavy atom. The van der Waals surface area contributed by atoms with E-state index in [1.54, 1.807) is 18.2 Å². The topological polar surface area (TPSA) is 63.3 Å². The van der Waals surface area contributed by atoms with Crippen LogP contribution >= 0.6 is 11.3 Å². The first kappa shape index (κ1) is 20.3. The summed E-state index contributed by atoms with van der Waals surface area (Å²) in [5, 5.41) is 2.93. The number of hydrogen-bond donors (Lipinski definition) is 2. The predicted octanol–water partition coefficient (Wildman–Crippen LogP) is 5.42. The van der Waals surface area contributed by atoms with Gasteiger partial charge in [0.25, 0.3) is 0 Å². The third kappa shape index (κ3) is 6.31. The van der Waals surface area contributed by atoms with E-state index in [1.165, 1.54) is 29.5 Å². The molecule has 2 aromatic rings. The molecule has 0 spiro atoms. The fraction of sp³-hybridized carbons (Fsp3) is 0.100. The Labute approximate surface area is 160 Å². The maximum atomic E-state index is 13.3. The van der Waals surface area contributed by atoms with E-state index >= 15 is 0 Å². The van der Waals surface area contributed by atoms with Gasteiger partial charge in [0.15, 0.2) is 5.95 Å². The Bertz CT molecular complexity index is 968. The number of hydrogen-bond acceptors (Lipinski definition) is 4. The lowest BCUT2D eigenvalue weighted by Gasteiger charge is -2.09. The van der Waals surface area contributed by atoms with Crippen molar-refractivity contribution in [2.24, 2.45) is 10.7 Å². The summed E-state index contributed by atoms with van der Waals surface area (Å²) in [4.78, 5) is 8.46. The molecule has 0 saturated heterocycles. The summed E-state index contributed by atoms with van der Waals surface area (Å²) in [6.45, 7) is 8.72. The molecular weight excluding hydrogens is 366 g/mol. The highest BCUT2D eigenvalue weighted by Gasteiger charge is 2.06. The van der Waals surface area contributed by atoms with Gasteiger partial charge < -0.3 is 11.1 Å². The van der Waals surface area contributed by atoms with Gasteiger partial charge in [0.05, 0.1) is 10.2 Å². The van der Waals surface area contributed by atoms with Gasteiger partial charge in [0.2, 0.25) is 5.13 Å². The first-order valence-corrected chi connectivity index (χ1v) is 8.89. The number of amidine groups is 1. The number of benzene rings is 1. The largest absolute Gasteiger partial charge is 0.384 e. The fourth-order valence-electron chi connectivity index (χ4n) is 2.23. The summed E-state index contributed by atoms with van der Waals surface area (Å²) in [5.74, 6) is -0.926. The summed E-state index contributed by atoms with van der Waals surface area (Å²) in [6, 6.07) is 4.33. The Kier molecular flexibility index (Phi) is 7.19. The molecule has 140 valence electrons. The second-order valence-corrected chi connectivity index (χ2v) is 6.49. The normalized spacial score (nSPS) is 13.4.